The standard InChI is InChI=1S/C41H39N3O8S/c1-48-31-21-30(22-32(24-31)49-2)43-41(47)38(26-13-8-6-9-14-26)53-33-18-12-17-29(23-33)42-40(46)34(44-39(45)27-15-10-7-11-16-27)19-28-20-36(51-4)37(52-5)25-35(28)50-3/h6-25,38H,1-5H3,(H,42,46)(H,43,47)(H,44,45)/b34-19+. The molecule has 0 aromatic heterocycles. The van der Waals surface area contributed by atoms with E-state index in [9.17, 15) is 14.4 Å². The van der Waals surface area contributed by atoms with Crippen LogP contribution in [0, 0.1) is 0 Å². The monoisotopic (exact) mass is 733 g/mol. The summed E-state index contributed by atoms with van der Waals surface area (Å²) < 4.78 is 27.2. The Morgan fingerprint density at radius 2 is 1.23 bits per heavy atom. The number of ether oxygens (including phenoxy) is 5. The fourth-order valence-corrected chi connectivity index (χ4v) is 6.32. The molecule has 0 fully saturated rings. The SMILES string of the molecule is COc1cc(NC(=O)C(Sc2cccc(NC(=O)/C(=C\c3cc(OC)c(OC)cc3OC)NC(=O)c3ccccc3)c2)c2ccccc2)cc(OC)c1. The number of rotatable bonds is 15. The zero-order valence-corrected chi connectivity index (χ0v) is 30.6. The zero-order chi connectivity index (χ0) is 37.7. The van der Waals surface area contributed by atoms with Crippen LogP contribution in [0.1, 0.15) is 26.7 Å². The van der Waals surface area contributed by atoms with Crippen molar-refractivity contribution < 1.29 is 38.1 Å². The maximum absolute atomic E-state index is 13.9. The summed E-state index contributed by atoms with van der Waals surface area (Å²) in [5.41, 5.74) is 2.48. The fraction of sp³-hybridized carbons (Fsp3) is 0.146. The smallest absolute Gasteiger partial charge is 0.272 e. The molecule has 0 radical (unpaired) electrons. The van der Waals surface area contributed by atoms with E-state index in [0.29, 0.717) is 56.1 Å². The molecule has 0 aliphatic heterocycles. The van der Waals surface area contributed by atoms with Crippen LogP contribution in [0.25, 0.3) is 6.08 Å². The minimum atomic E-state index is -0.669. The predicted molar refractivity (Wildman–Crippen MR) is 206 cm³/mol. The summed E-state index contributed by atoms with van der Waals surface area (Å²) in [5, 5.41) is 7.96. The number of carbonyl (C=O) groups is 3. The lowest BCUT2D eigenvalue weighted by Crippen LogP contribution is -2.30. The summed E-state index contributed by atoms with van der Waals surface area (Å²) in [7, 11) is 7.57. The van der Waals surface area contributed by atoms with E-state index in [1.165, 1.54) is 53.4 Å². The molecule has 5 aromatic carbocycles. The average Bonchev–Trinajstić information content (AvgIpc) is 3.19. The van der Waals surface area contributed by atoms with Crippen LogP contribution >= 0.6 is 11.8 Å². The van der Waals surface area contributed by atoms with Crippen LogP contribution in [0.2, 0.25) is 0 Å². The molecular formula is C41H39N3O8S. The topological polar surface area (TPSA) is 133 Å². The van der Waals surface area contributed by atoms with E-state index in [4.69, 9.17) is 23.7 Å². The van der Waals surface area contributed by atoms with Crippen molar-refractivity contribution in [3.05, 3.63) is 138 Å². The Hall–Kier alpha value is -6.40. The molecule has 0 saturated carbocycles. The maximum atomic E-state index is 13.9. The summed E-state index contributed by atoms with van der Waals surface area (Å²) in [6.07, 6.45) is 1.50. The van der Waals surface area contributed by atoms with E-state index in [0.717, 1.165) is 5.56 Å². The Balaban J connectivity index is 1.44. The number of thioether (sulfide) groups is 1. The minimum absolute atomic E-state index is 0.0577. The van der Waals surface area contributed by atoms with Crippen molar-refractivity contribution in [2.75, 3.05) is 46.2 Å². The van der Waals surface area contributed by atoms with E-state index in [1.807, 2.05) is 36.4 Å². The van der Waals surface area contributed by atoms with Crippen molar-refractivity contribution in [1.29, 1.82) is 0 Å². The third-order valence-electron chi connectivity index (χ3n) is 7.87. The largest absolute Gasteiger partial charge is 0.497 e. The second kappa shape index (κ2) is 18.2. The Morgan fingerprint density at radius 3 is 1.85 bits per heavy atom. The predicted octanol–water partition coefficient (Wildman–Crippen LogP) is 7.61. The van der Waals surface area contributed by atoms with E-state index in [2.05, 4.69) is 16.0 Å². The molecule has 12 heteroatoms. The van der Waals surface area contributed by atoms with Crippen LogP contribution < -0.4 is 39.6 Å². The van der Waals surface area contributed by atoms with Gasteiger partial charge in [0, 0.05) is 51.7 Å². The van der Waals surface area contributed by atoms with Crippen molar-refractivity contribution in [3.8, 4) is 28.7 Å². The van der Waals surface area contributed by atoms with Gasteiger partial charge in [-0.1, -0.05) is 54.6 Å². The molecule has 1 unspecified atom stereocenters. The first kappa shape index (κ1) is 37.8. The van der Waals surface area contributed by atoms with E-state index >= 15 is 0 Å². The summed E-state index contributed by atoms with van der Waals surface area (Å²) in [6, 6.07) is 33.4. The molecular weight excluding hydrogens is 695 g/mol. The van der Waals surface area contributed by atoms with Crippen molar-refractivity contribution in [2.45, 2.75) is 10.1 Å². The third-order valence-corrected chi connectivity index (χ3v) is 9.12. The Labute approximate surface area is 312 Å². The van der Waals surface area contributed by atoms with Crippen LogP contribution in [0.4, 0.5) is 11.4 Å². The quantitative estimate of drug-likeness (QED) is 0.0735. The summed E-state index contributed by atoms with van der Waals surface area (Å²) in [4.78, 5) is 41.8. The Morgan fingerprint density at radius 1 is 0.604 bits per heavy atom. The van der Waals surface area contributed by atoms with E-state index in [-0.39, 0.29) is 11.6 Å². The number of amides is 3. The third kappa shape index (κ3) is 9.89. The molecule has 5 rings (SSSR count). The second-order valence-electron chi connectivity index (χ2n) is 11.3. The number of methoxy groups -OCH3 is 5. The number of hydrogen-bond donors (Lipinski definition) is 3. The highest BCUT2D eigenvalue weighted by Crippen LogP contribution is 2.38. The number of nitrogens with one attached hydrogen (secondary N) is 3. The lowest BCUT2D eigenvalue weighted by Gasteiger charge is -2.18. The second-order valence-corrected chi connectivity index (χ2v) is 12.5. The van der Waals surface area contributed by atoms with Gasteiger partial charge < -0.3 is 39.6 Å². The van der Waals surface area contributed by atoms with Gasteiger partial charge in [-0.05, 0) is 48.0 Å². The molecule has 3 N–H and O–H groups in total. The van der Waals surface area contributed by atoms with Crippen LogP contribution in [0.5, 0.6) is 28.7 Å². The first-order valence-electron chi connectivity index (χ1n) is 16.3. The van der Waals surface area contributed by atoms with E-state index < -0.39 is 17.1 Å². The molecule has 11 nitrogen and oxygen atoms in total. The molecule has 1 atom stereocenters. The summed E-state index contributed by atoms with van der Waals surface area (Å²) in [6.45, 7) is 0. The zero-order valence-electron chi connectivity index (χ0n) is 29.8. The molecule has 0 aliphatic rings. The molecule has 3 amide bonds. The molecule has 5 aromatic rings. The molecule has 0 saturated heterocycles. The van der Waals surface area contributed by atoms with Crippen molar-refractivity contribution >= 4 is 46.9 Å². The van der Waals surface area contributed by atoms with Gasteiger partial charge in [-0.25, -0.2) is 0 Å². The number of anilines is 2. The van der Waals surface area contributed by atoms with Crippen molar-refractivity contribution in [3.63, 3.8) is 0 Å². The van der Waals surface area contributed by atoms with Gasteiger partial charge in [-0.3, -0.25) is 14.4 Å². The van der Waals surface area contributed by atoms with Gasteiger partial charge in [0.1, 0.15) is 28.2 Å². The number of carbonyl (C=O) groups excluding carboxylic acids is 3. The highest BCUT2D eigenvalue weighted by molar-refractivity contribution is 8.00. The Bertz CT molecular complexity index is 2070. The average molecular weight is 734 g/mol. The molecule has 272 valence electrons. The van der Waals surface area contributed by atoms with Gasteiger partial charge in [0.05, 0.1) is 35.5 Å². The summed E-state index contributed by atoms with van der Waals surface area (Å²) in [5.74, 6) is 0.928. The van der Waals surface area contributed by atoms with Crippen LogP contribution in [0.15, 0.2) is 126 Å². The van der Waals surface area contributed by atoms with Crippen molar-refractivity contribution in [2.24, 2.45) is 0 Å². The molecule has 0 aliphatic carbocycles. The van der Waals surface area contributed by atoms with Crippen LogP contribution in [-0.2, 0) is 9.59 Å². The maximum Gasteiger partial charge on any atom is 0.272 e. The molecule has 53 heavy (non-hydrogen) atoms. The number of hydrogen-bond acceptors (Lipinski definition) is 9. The van der Waals surface area contributed by atoms with Crippen molar-refractivity contribution in [1.82, 2.24) is 5.32 Å². The Kier molecular flexibility index (Phi) is 13.0. The van der Waals surface area contributed by atoms with Gasteiger partial charge in [0.2, 0.25) is 5.91 Å². The highest BCUT2D eigenvalue weighted by Gasteiger charge is 2.24. The molecule has 0 spiro atoms. The molecule has 0 bridgehead atoms. The first-order valence-corrected chi connectivity index (χ1v) is 17.2. The lowest BCUT2D eigenvalue weighted by molar-refractivity contribution is -0.116. The van der Waals surface area contributed by atoms with Gasteiger partial charge >= 0.3 is 0 Å². The first-order chi connectivity index (χ1) is 25.7. The van der Waals surface area contributed by atoms with Gasteiger partial charge in [-0.15, -0.1) is 11.8 Å². The number of benzene rings is 5. The molecule has 0 heterocycles. The highest BCUT2D eigenvalue weighted by atomic mass is 32.2. The fourth-order valence-electron chi connectivity index (χ4n) is 5.23. The van der Waals surface area contributed by atoms with Gasteiger partial charge in [-0.2, -0.15) is 0 Å². The normalized spacial score (nSPS) is 11.5. The minimum Gasteiger partial charge on any atom is -0.497 e. The summed E-state index contributed by atoms with van der Waals surface area (Å²) >= 11 is 1.31. The van der Waals surface area contributed by atoms with Crippen LogP contribution in [-0.4, -0.2) is 53.3 Å². The van der Waals surface area contributed by atoms with Crippen LogP contribution in [0.3, 0.4) is 0 Å². The lowest BCUT2D eigenvalue weighted by atomic mass is 10.1. The van der Waals surface area contributed by atoms with Gasteiger partial charge in [0.25, 0.3) is 11.8 Å². The van der Waals surface area contributed by atoms with Gasteiger partial charge in [0.15, 0.2) is 11.5 Å². The van der Waals surface area contributed by atoms with E-state index in [1.54, 1.807) is 78.9 Å².